The number of anilines is 1. The van der Waals surface area contributed by atoms with Crippen molar-refractivity contribution in [3.63, 3.8) is 0 Å². The molecule has 0 unspecified atom stereocenters. The van der Waals surface area contributed by atoms with E-state index < -0.39 is 0 Å². The zero-order valence-electron chi connectivity index (χ0n) is 21.3. The van der Waals surface area contributed by atoms with Gasteiger partial charge in [-0.3, -0.25) is 19.4 Å². The molecule has 0 radical (unpaired) electrons. The number of carbonyl (C=O) groups is 1. The van der Waals surface area contributed by atoms with Gasteiger partial charge in [0.05, 0.1) is 12.4 Å². The highest BCUT2D eigenvalue weighted by molar-refractivity contribution is 6.37. The third kappa shape index (κ3) is 3.74. The molecule has 2 bridgehead atoms. The van der Waals surface area contributed by atoms with Gasteiger partial charge in [0.1, 0.15) is 0 Å². The van der Waals surface area contributed by atoms with Crippen LogP contribution in [0.5, 0.6) is 0 Å². The highest BCUT2D eigenvalue weighted by atomic mass is 35.5. The minimum atomic E-state index is 0.00273. The fourth-order valence-corrected chi connectivity index (χ4v) is 6.89. The first-order valence-corrected chi connectivity index (χ1v) is 13.7. The monoisotopic (exact) mass is 524 g/mol. The SMILES string of the molecule is CCn1cc(C=C2C(=O)N(CN3C[C@@H]4C[C@@H](C3)c3cccc(=O)n3C4)c3cc(Cl)ccc32)c2ccccc21. The number of hydrogen-bond donors (Lipinski definition) is 0. The molecule has 2 atom stereocenters. The van der Waals surface area contributed by atoms with Gasteiger partial charge in [-0.15, -0.1) is 0 Å². The molecule has 1 fully saturated rings. The number of aryl methyl sites for hydroxylation is 1. The van der Waals surface area contributed by atoms with Crippen LogP contribution in [0.4, 0.5) is 5.69 Å². The smallest absolute Gasteiger partial charge is 0.260 e. The lowest BCUT2D eigenvalue weighted by Gasteiger charge is -2.43. The van der Waals surface area contributed by atoms with Gasteiger partial charge < -0.3 is 9.13 Å². The molecule has 0 saturated carbocycles. The topological polar surface area (TPSA) is 50.5 Å². The number of fused-ring (bicyclic) bond motifs is 6. The van der Waals surface area contributed by atoms with Crippen LogP contribution >= 0.6 is 11.6 Å². The van der Waals surface area contributed by atoms with Crippen LogP contribution in [0.25, 0.3) is 22.6 Å². The molecule has 0 spiro atoms. The Kier molecular flexibility index (Phi) is 5.57. The molecule has 7 rings (SSSR count). The third-order valence-corrected chi connectivity index (χ3v) is 8.61. The summed E-state index contributed by atoms with van der Waals surface area (Å²) in [7, 11) is 0. The number of hydrogen-bond acceptors (Lipinski definition) is 3. The summed E-state index contributed by atoms with van der Waals surface area (Å²) in [5.41, 5.74) is 5.89. The number of halogens is 1. The van der Waals surface area contributed by atoms with Crippen LogP contribution in [0.15, 0.2) is 71.7 Å². The maximum absolute atomic E-state index is 14.0. The van der Waals surface area contributed by atoms with Gasteiger partial charge in [0.25, 0.3) is 11.5 Å². The largest absolute Gasteiger partial charge is 0.347 e. The lowest BCUT2D eigenvalue weighted by molar-refractivity contribution is -0.113. The summed E-state index contributed by atoms with van der Waals surface area (Å²) in [6.07, 6.45) is 5.26. The Morgan fingerprint density at radius 1 is 1.00 bits per heavy atom. The first kappa shape index (κ1) is 23.5. The van der Waals surface area contributed by atoms with Crippen molar-refractivity contribution >= 4 is 45.7 Å². The normalized spacial score (nSPS) is 21.8. The van der Waals surface area contributed by atoms with E-state index >= 15 is 0 Å². The predicted octanol–water partition coefficient (Wildman–Crippen LogP) is 5.44. The molecule has 38 heavy (non-hydrogen) atoms. The average molecular weight is 525 g/mol. The van der Waals surface area contributed by atoms with Crippen LogP contribution in [-0.4, -0.2) is 39.7 Å². The minimum absolute atomic E-state index is 0.00273. The zero-order valence-corrected chi connectivity index (χ0v) is 22.1. The summed E-state index contributed by atoms with van der Waals surface area (Å²) < 4.78 is 4.16. The number of aromatic nitrogens is 2. The van der Waals surface area contributed by atoms with E-state index in [4.69, 9.17) is 11.6 Å². The minimum Gasteiger partial charge on any atom is -0.347 e. The van der Waals surface area contributed by atoms with Crippen LogP contribution in [0, 0.1) is 5.92 Å². The lowest BCUT2D eigenvalue weighted by atomic mass is 9.83. The summed E-state index contributed by atoms with van der Waals surface area (Å²) in [6.45, 7) is 5.92. The average Bonchev–Trinajstić information content (AvgIpc) is 3.40. The van der Waals surface area contributed by atoms with E-state index in [-0.39, 0.29) is 11.5 Å². The highest BCUT2D eigenvalue weighted by Gasteiger charge is 2.38. The van der Waals surface area contributed by atoms with Gasteiger partial charge in [-0.05, 0) is 49.6 Å². The Morgan fingerprint density at radius 3 is 2.74 bits per heavy atom. The highest BCUT2D eigenvalue weighted by Crippen LogP contribution is 2.41. The second-order valence-electron chi connectivity index (χ2n) is 10.7. The predicted molar refractivity (Wildman–Crippen MR) is 152 cm³/mol. The molecule has 1 saturated heterocycles. The first-order chi connectivity index (χ1) is 18.5. The lowest BCUT2D eigenvalue weighted by Crippen LogP contribution is -2.50. The van der Waals surface area contributed by atoms with Crippen molar-refractivity contribution in [2.45, 2.75) is 32.4 Å². The van der Waals surface area contributed by atoms with Gasteiger partial charge >= 0.3 is 0 Å². The van der Waals surface area contributed by atoms with Crippen molar-refractivity contribution in [2.24, 2.45) is 5.92 Å². The van der Waals surface area contributed by atoms with Crippen LogP contribution in [0.2, 0.25) is 5.02 Å². The number of rotatable bonds is 4. The molecule has 2 aromatic heterocycles. The van der Waals surface area contributed by atoms with Crippen molar-refractivity contribution in [1.29, 1.82) is 0 Å². The van der Waals surface area contributed by atoms with E-state index in [1.165, 1.54) is 5.52 Å². The van der Waals surface area contributed by atoms with E-state index in [9.17, 15) is 9.59 Å². The van der Waals surface area contributed by atoms with Crippen molar-refractivity contribution in [1.82, 2.24) is 14.0 Å². The number of amides is 1. The maximum Gasteiger partial charge on any atom is 0.260 e. The summed E-state index contributed by atoms with van der Waals surface area (Å²) in [6, 6.07) is 19.7. The Morgan fingerprint density at radius 2 is 1.87 bits per heavy atom. The van der Waals surface area contributed by atoms with E-state index in [0.717, 1.165) is 60.5 Å². The fourth-order valence-electron chi connectivity index (χ4n) is 6.72. The Bertz CT molecular complexity index is 1680. The van der Waals surface area contributed by atoms with Crippen LogP contribution in [0.3, 0.4) is 0 Å². The molecular formula is C31H29ClN4O2. The van der Waals surface area contributed by atoms with E-state index in [1.807, 2.05) is 51.9 Å². The molecule has 2 aromatic carbocycles. The molecule has 1 amide bonds. The van der Waals surface area contributed by atoms with Gasteiger partial charge in [-0.1, -0.05) is 41.9 Å². The number of likely N-dealkylation sites (tertiary alicyclic amines) is 1. The number of pyridine rings is 1. The van der Waals surface area contributed by atoms with Gasteiger partial charge in [0, 0.05) is 82.7 Å². The number of piperidine rings is 1. The van der Waals surface area contributed by atoms with Crippen molar-refractivity contribution < 1.29 is 4.79 Å². The molecule has 7 heteroatoms. The van der Waals surface area contributed by atoms with Gasteiger partial charge in [0.2, 0.25) is 0 Å². The molecule has 0 N–H and O–H groups in total. The fraction of sp³-hybridized carbons (Fsp3) is 0.290. The van der Waals surface area contributed by atoms with Gasteiger partial charge in [-0.2, -0.15) is 0 Å². The molecule has 0 aliphatic carbocycles. The zero-order chi connectivity index (χ0) is 26.0. The Labute approximate surface area is 226 Å². The molecular weight excluding hydrogens is 496 g/mol. The maximum atomic E-state index is 14.0. The summed E-state index contributed by atoms with van der Waals surface area (Å²) in [5, 5.41) is 1.76. The Balaban J connectivity index is 1.23. The van der Waals surface area contributed by atoms with Gasteiger partial charge in [-0.25, -0.2) is 0 Å². The second kappa shape index (κ2) is 9.00. The number of nitrogens with zero attached hydrogens (tertiary/aromatic N) is 4. The van der Waals surface area contributed by atoms with Crippen LogP contribution in [-0.2, 0) is 17.9 Å². The molecule has 6 nitrogen and oxygen atoms in total. The molecule has 192 valence electrons. The van der Waals surface area contributed by atoms with E-state index in [1.54, 1.807) is 6.07 Å². The molecule has 3 aliphatic rings. The molecule has 4 aromatic rings. The van der Waals surface area contributed by atoms with Crippen LogP contribution < -0.4 is 10.5 Å². The Hall–Kier alpha value is -3.61. The molecule has 5 heterocycles. The van der Waals surface area contributed by atoms with E-state index in [2.05, 4.69) is 40.8 Å². The molecule has 3 aliphatic heterocycles. The van der Waals surface area contributed by atoms with Crippen molar-refractivity contribution in [2.75, 3.05) is 24.7 Å². The summed E-state index contributed by atoms with van der Waals surface area (Å²) in [5.74, 6) is 0.694. The van der Waals surface area contributed by atoms with Crippen LogP contribution in [0.1, 0.15) is 36.1 Å². The van der Waals surface area contributed by atoms with E-state index in [0.29, 0.717) is 29.1 Å². The standard InChI is InChI=1S/C31H29ClN4O2/c1-2-34-18-21(24-6-3-4-7-28(24)34)13-26-25-11-10-23(32)14-29(25)36(31(26)38)19-33-15-20-12-22(17-33)27-8-5-9-30(37)35(27)16-20/h3-11,13-14,18,20,22H,2,12,15-17,19H2,1H3/t20-,22-/m0/s1. The number of para-hydroxylation sites is 1. The summed E-state index contributed by atoms with van der Waals surface area (Å²) in [4.78, 5) is 30.7. The van der Waals surface area contributed by atoms with Crippen molar-refractivity contribution in [3.05, 3.63) is 99.1 Å². The number of carbonyl (C=O) groups excluding carboxylic acids is 1. The quantitative estimate of drug-likeness (QED) is 0.334. The number of benzene rings is 2. The van der Waals surface area contributed by atoms with Crippen molar-refractivity contribution in [3.8, 4) is 0 Å². The second-order valence-corrected chi connectivity index (χ2v) is 11.2. The third-order valence-electron chi connectivity index (χ3n) is 8.37. The summed E-state index contributed by atoms with van der Waals surface area (Å²) >= 11 is 6.43. The van der Waals surface area contributed by atoms with Gasteiger partial charge in [0.15, 0.2) is 0 Å². The first-order valence-electron chi connectivity index (χ1n) is 13.3.